The molecule has 1 aliphatic heterocycles. The standard InChI is InChI=1S/C10H11BrN2O2/c1-13-5-8-7(10(14)15-2)3-6(11)4-9(8)12-13/h3-4,12H,5H2,1-2H3. The number of benzene rings is 1. The third-order valence-corrected chi connectivity index (χ3v) is 2.78. The molecule has 15 heavy (non-hydrogen) atoms. The number of hydrazine groups is 1. The average molecular weight is 271 g/mol. The number of hydrogen-bond donors (Lipinski definition) is 1. The smallest absolute Gasteiger partial charge is 0.338 e. The van der Waals surface area contributed by atoms with Crippen LogP contribution in [-0.4, -0.2) is 25.1 Å². The Bertz CT molecular complexity index is 420. The summed E-state index contributed by atoms with van der Waals surface area (Å²) in [4.78, 5) is 11.5. The quantitative estimate of drug-likeness (QED) is 0.793. The van der Waals surface area contributed by atoms with Crippen LogP contribution in [0.3, 0.4) is 0 Å². The molecule has 4 nitrogen and oxygen atoms in total. The summed E-state index contributed by atoms with van der Waals surface area (Å²) < 4.78 is 5.61. The van der Waals surface area contributed by atoms with Gasteiger partial charge in [0.1, 0.15) is 0 Å². The van der Waals surface area contributed by atoms with Crippen LogP contribution in [0.5, 0.6) is 0 Å². The molecule has 0 unspecified atom stereocenters. The molecule has 1 aromatic rings. The van der Waals surface area contributed by atoms with Crippen LogP contribution in [0.1, 0.15) is 15.9 Å². The highest BCUT2D eigenvalue weighted by atomic mass is 79.9. The summed E-state index contributed by atoms with van der Waals surface area (Å²) in [5.74, 6) is -0.301. The second-order valence-electron chi connectivity index (χ2n) is 3.44. The summed E-state index contributed by atoms with van der Waals surface area (Å²) in [7, 11) is 3.32. The number of halogens is 1. The van der Waals surface area contributed by atoms with Crippen molar-refractivity contribution in [3.05, 3.63) is 27.7 Å². The lowest BCUT2D eigenvalue weighted by Gasteiger charge is -2.06. The predicted octanol–water partition coefficient (Wildman–Crippen LogP) is 2.01. The highest BCUT2D eigenvalue weighted by molar-refractivity contribution is 9.10. The van der Waals surface area contributed by atoms with Crippen molar-refractivity contribution >= 4 is 27.6 Å². The fraction of sp³-hybridized carbons (Fsp3) is 0.300. The number of hydrogen-bond acceptors (Lipinski definition) is 4. The summed E-state index contributed by atoms with van der Waals surface area (Å²) >= 11 is 3.37. The van der Waals surface area contributed by atoms with Crippen molar-refractivity contribution in [2.24, 2.45) is 0 Å². The molecule has 1 heterocycles. The van der Waals surface area contributed by atoms with Gasteiger partial charge >= 0.3 is 5.97 Å². The molecule has 0 spiro atoms. The largest absolute Gasteiger partial charge is 0.465 e. The minimum absolute atomic E-state index is 0.301. The van der Waals surface area contributed by atoms with Crippen LogP contribution in [0.25, 0.3) is 0 Å². The molecule has 0 bridgehead atoms. The SMILES string of the molecule is COC(=O)c1cc(Br)cc2c1CN(C)N2. The number of carbonyl (C=O) groups excluding carboxylic acids is 1. The number of fused-ring (bicyclic) bond motifs is 1. The molecule has 2 rings (SSSR count). The van der Waals surface area contributed by atoms with Crippen LogP contribution in [0.4, 0.5) is 5.69 Å². The van der Waals surface area contributed by atoms with Crippen molar-refractivity contribution in [2.75, 3.05) is 19.6 Å². The van der Waals surface area contributed by atoms with E-state index in [2.05, 4.69) is 21.4 Å². The molecule has 0 aromatic heterocycles. The van der Waals surface area contributed by atoms with Gasteiger partial charge < -0.3 is 10.2 Å². The van der Waals surface area contributed by atoms with Crippen molar-refractivity contribution in [2.45, 2.75) is 6.54 Å². The third kappa shape index (κ3) is 1.85. The summed E-state index contributed by atoms with van der Waals surface area (Å²) in [6, 6.07) is 3.73. The van der Waals surface area contributed by atoms with Gasteiger partial charge in [-0.05, 0) is 12.1 Å². The van der Waals surface area contributed by atoms with Gasteiger partial charge in [0.2, 0.25) is 0 Å². The van der Waals surface area contributed by atoms with Gasteiger partial charge in [-0.25, -0.2) is 9.80 Å². The Kier molecular flexibility index (Phi) is 2.67. The molecule has 0 fully saturated rings. The van der Waals surface area contributed by atoms with E-state index >= 15 is 0 Å². The lowest BCUT2D eigenvalue weighted by Crippen LogP contribution is -2.16. The highest BCUT2D eigenvalue weighted by Gasteiger charge is 2.23. The third-order valence-electron chi connectivity index (χ3n) is 2.33. The molecule has 0 radical (unpaired) electrons. The van der Waals surface area contributed by atoms with Gasteiger partial charge in [0.05, 0.1) is 18.4 Å². The first-order chi connectivity index (χ1) is 7.11. The number of rotatable bonds is 1. The molecule has 0 aliphatic carbocycles. The minimum Gasteiger partial charge on any atom is -0.465 e. The predicted molar refractivity (Wildman–Crippen MR) is 60.6 cm³/mol. The van der Waals surface area contributed by atoms with Crippen LogP contribution in [0, 0.1) is 0 Å². The second-order valence-corrected chi connectivity index (χ2v) is 4.35. The van der Waals surface area contributed by atoms with Crippen molar-refractivity contribution in [1.29, 1.82) is 0 Å². The molecular formula is C10H11BrN2O2. The molecule has 1 aromatic carbocycles. The summed E-state index contributed by atoms with van der Waals surface area (Å²) in [6.07, 6.45) is 0. The van der Waals surface area contributed by atoms with Crippen LogP contribution < -0.4 is 5.43 Å². The maximum Gasteiger partial charge on any atom is 0.338 e. The summed E-state index contributed by atoms with van der Waals surface area (Å²) in [5.41, 5.74) is 5.69. The van der Waals surface area contributed by atoms with Gasteiger partial charge in [0.25, 0.3) is 0 Å². The Labute approximate surface area is 96.3 Å². The van der Waals surface area contributed by atoms with Crippen LogP contribution in [0.15, 0.2) is 16.6 Å². The number of nitrogens with one attached hydrogen (secondary N) is 1. The van der Waals surface area contributed by atoms with E-state index in [4.69, 9.17) is 4.74 Å². The van der Waals surface area contributed by atoms with E-state index in [1.54, 1.807) is 6.07 Å². The molecular weight excluding hydrogens is 260 g/mol. The van der Waals surface area contributed by atoms with E-state index in [0.29, 0.717) is 12.1 Å². The molecule has 80 valence electrons. The van der Waals surface area contributed by atoms with Crippen molar-refractivity contribution < 1.29 is 9.53 Å². The number of anilines is 1. The number of esters is 1. The average Bonchev–Trinajstić information content (AvgIpc) is 2.55. The summed E-state index contributed by atoms with van der Waals surface area (Å²) in [5, 5.41) is 1.92. The normalized spacial score (nSPS) is 14.6. The zero-order chi connectivity index (χ0) is 11.0. The molecule has 1 N–H and O–H groups in total. The molecule has 0 saturated heterocycles. The van der Waals surface area contributed by atoms with E-state index in [9.17, 15) is 4.79 Å². The Balaban J connectivity index is 2.52. The molecule has 1 aliphatic rings. The van der Waals surface area contributed by atoms with Crippen LogP contribution >= 0.6 is 15.9 Å². The van der Waals surface area contributed by atoms with Gasteiger partial charge in [-0.2, -0.15) is 0 Å². The van der Waals surface area contributed by atoms with E-state index < -0.39 is 0 Å². The zero-order valence-corrected chi connectivity index (χ0v) is 10.1. The number of nitrogens with zero attached hydrogens (tertiary/aromatic N) is 1. The molecule has 0 amide bonds. The number of ether oxygens (including phenoxy) is 1. The van der Waals surface area contributed by atoms with E-state index in [1.165, 1.54) is 7.11 Å². The molecule has 0 atom stereocenters. The monoisotopic (exact) mass is 270 g/mol. The Morgan fingerprint density at radius 3 is 3.00 bits per heavy atom. The van der Waals surface area contributed by atoms with Crippen molar-refractivity contribution in [1.82, 2.24) is 5.01 Å². The van der Waals surface area contributed by atoms with Gasteiger partial charge in [-0.3, -0.25) is 0 Å². The minimum atomic E-state index is -0.301. The van der Waals surface area contributed by atoms with Gasteiger partial charge in [-0.1, -0.05) is 15.9 Å². The molecule has 0 saturated carbocycles. The van der Waals surface area contributed by atoms with Gasteiger partial charge in [0.15, 0.2) is 0 Å². The fourth-order valence-electron chi connectivity index (χ4n) is 1.68. The topological polar surface area (TPSA) is 41.6 Å². The first kappa shape index (κ1) is 10.4. The number of carbonyl (C=O) groups is 1. The molecule has 5 heteroatoms. The Morgan fingerprint density at radius 1 is 1.60 bits per heavy atom. The van der Waals surface area contributed by atoms with E-state index in [0.717, 1.165) is 15.7 Å². The van der Waals surface area contributed by atoms with Gasteiger partial charge in [0, 0.05) is 23.6 Å². The first-order valence-corrected chi connectivity index (χ1v) is 5.29. The van der Waals surface area contributed by atoms with Crippen LogP contribution in [0.2, 0.25) is 0 Å². The van der Waals surface area contributed by atoms with Crippen molar-refractivity contribution in [3.8, 4) is 0 Å². The number of methoxy groups -OCH3 is 1. The highest BCUT2D eigenvalue weighted by Crippen LogP contribution is 2.31. The summed E-state index contributed by atoms with van der Waals surface area (Å²) in [6.45, 7) is 0.701. The lowest BCUT2D eigenvalue weighted by molar-refractivity contribution is 0.0599. The van der Waals surface area contributed by atoms with E-state index in [1.807, 2.05) is 18.1 Å². The van der Waals surface area contributed by atoms with Gasteiger partial charge in [-0.15, -0.1) is 0 Å². The van der Waals surface area contributed by atoms with E-state index in [-0.39, 0.29) is 5.97 Å². The maximum absolute atomic E-state index is 11.5. The fourth-order valence-corrected chi connectivity index (χ4v) is 2.14. The lowest BCUT2D eigenvalue weighted by atomic mass is 10.1. The zero-order valence-electron chi connectivity index (χ0n) is 8.50. The first-order valence-electron chi connectivity index (χ1n) is 4.50. The Morgan fingerprint density at radius 2 is 2.33 bits per heavy atom. The van der Waals surface area contributed by atoms with Crippen molar-refractivity contribution in [3.63, 3.8) is 0 Å². The Hall–Kier alpha value is -1.07. The van der Waals surface area contributed by atoms with Crippen LogP contribution in [-0.2, 0) is 11.3 Å². The maximum atomic E-state index is 11.5. The second kappa shape index (κ2) is 3.83.